The molecule has 0 saturated heterocycles. The van der Waals surface area contributed by atoms with E-state index < -0.39 is 0 Å². The number of ether oxygens (including phenoxy) is 1. The summed E-state index contributed by atoms with van der Waals surface area (Å²) in [6, 6.07) is 6.11. The molecule has 0 spiro atoms. The molecule has 1 N–H and O–H groups in total. The molecule has 2 rings (SSSR count). The molecule has 124 valence electrons. The van der Waals surface area contributed by atoms with Gasteiger partial charge in [0.15, 0.2) is 0 Å². The van der Waals surface area contributed by atoms with E-state index in [9.17, 15) is 9.18 Å². The maximum Gasteiger partial charge on any atom is 0.325 e. The van der Waals surface area contributed by atoms with Crippen molar-refractivity contribution in [2.75, 3.05) is 13.2 Å². The summed E-state index contributed by atoms with van der Waals surface area (Å²) >= 11 is 0. The van der Waals surface area contributed by atoms with Crippen LogP contribution in [0.2, 0.25) is 0 Å². The minimum absolute atomic E-state index is 0.0462. The van der Waals surface area contributed by atoms with Crippen LogP contribution in [0.5, 0.6) is 0 Å². The summed E-state index contributed by atoms with van der Waals surface area (Å²) in [5.41, 5.74) is 2.65. The molecule has 0 amide bonds. The highest BCUT2D eigenvalue weighted by molar-refractivity contribution is 5.98. The van der Waals surface area contributed by atoms with Crippen molar-refractivity contribution >= 4 is 17.4 Å². The van der Waals surface area contributed by atoms with Crippen LogP contribution in [0.4, 0.5) is 10.1 Å². The van der Waals surface area contributed by atoms with Gasteiger partial charge < -0.3 is 10.1 Å². The van der Waals surface area contributed by atoms with E-state index in [1.807, 2.05) is 6.08 Å². The zero-order valence-electron chi connectivity index (χ0n) is 13.9. The largest absolute Gasteiger partial charge is 0.465 e. The molecule has 0 saturated carbocycles. The third-order valence-corrected chi connectivity index (χ3v) is 3.53. The Bertz CT molecular complexity index is 618. The van der Waals surface area contributed by atoms with E-state index in [2.05, 4.69) is 24.2 Å². The number of nitrogens with zero attached hydrogens (tertiary/aromatic N) is 1. The highest BCUT2D eigenvalue weighted by Gasteiger charge is 2.26. The van der Waals surface area contributed by atoms with Crippen LogP contribution >= 0.6 is 0 Å². The summed E-state index contributed by atoms with van der Waals surface area (Å²) in [5.74, 6) is -0.543. The smallest absolute Gasteiger partial charge is 0.325 e. The van der Waals surface area contributed by atoms with Gasteiger partial charge in [0, 0.05) is 11.4 Å². The molecule has 0 unspecified atom stereocenters. The molecule has 0 bridgehead atoms. The Morgan fingerprint density at radius 2 is 2.00 bits per heavy atom. The van der Waals surface area contributed by atoms with Gasteiger partial charge in [-0.3, -0.25) is 9.79 Å². The number of halogens is 1. The highest BCUT2D eigenvalue weighted by atomic mass is 19.1. The quantitative estimate of drug-likeness (QED) is 0.841. The van der Waals surface area contributed by atoms with Gasteiger partial charge in [-0.1, -0.05) is 13.8 Å². The van der Waals surface area contributed by atoms with Gasteiger partial charge in [0.2, 0.25) is 0 Å². The lowest BCUT2D eigenvalue weighted by Gasteiger charge is -2.31. The number of benzene rings is 1. The first-order valence-electron chi connectivity index (χ1n) is 7.81. The summed E-state index contributed by atoms with van der Waals surface area (Å²) in [6.45, 7) is 6.63. The van der Waals surface area contributed by atoms with Gasteiger partial charge in [0.1, 0.15) is 12.4 Å². The van der Waals surface area contributed by atoms with E-state index in [4.69, 9.17) is 4.74 Å². The average Bonchev–Trinajstić information content (AvgIpc) is 2.46. The molecule has 4 nitrogen and oxygen atoms in total. The number of nitrogens with one attached hydrogen (secondary N) is 1. The number of hydrogen-bond donors (Lipinski definition) is 1. The van der Waals surface area contributed by atoms with Gasteiger partial charge in [0.25, 0.3) is 0 Å². The molecule has 1 aromatic rings. The maximum atomic E-state index is 13.0. The van der Waals surface area contributed by atoms with Crippen LogP contribution < -0.4 is 5.32 Å². The molecule has 0 aromatic heterocycles. The lowest BCUT2D eigenvalue weighted by molar-refractivity contribution is -0.141. The number of carbonyl (C=O) groups is 1. The Kier molecular flexibility index (Phi) is 5.53. The summed E-state index contributed by atoms with van der Waals surface area (Å²) in [5, 5.41) is 3.13. The van der Waals surface area contributed by atoms with E-state index in [-0.39, 0.29) is 23.7 Å². The molecule has 0 aliphatic heterocycles. The fourth-order valence-corrected chi connectivity index (χ4v) is 2.64. The van der Waals surface area contributed by atoms with Gasteiger partial charge in [-0.2, -0.15) is 0 Å². The first kappa shape index (κ1) is 17.2. The van der Waals surface area contributed by atoms with Crippen LogP contribution in [-0.2, 0) is 9.53 Å². The number of rotatable bonds is 5. The Morgan fingerprint density at radius 3 is 2.65 bits per heavy atom. The van der Waals surface area contributed by atoms with Crippen molar-refractivity contribution in [1.29, 1.82) is 0 Å². The van der Waals surface area contributed by atoms with E-state index in [1.54, 1.807) is 19.1 Å². The van der Waals surface area contributed by atoms with Gasteiger partial charge in [-0.05, 0) is 55.5 Å². The van der Waals surface area contributed by atoms with Crippen molar-refractivity contribution < 1.29 is 13.9 Å². The third-order valence-electron chi connectivity index (χ3n) is 3.53. The first-order valence-corrected chi connectivity index (χ1v) is 7.81. The number of allylic oxidation sites excluding steroid dienone is 2. The fourth-order valence-electron chi connectivity index (χ4n) is 2.64. The van der Waals surface area contributed by atoms with Gasteiger partial charge in [-0.25, -0.2) is 4.39 Å². The average molecular weight is 318 g/mol. The number of esters is 1. The zero-order chi connectivity index (χ0) is 16.9. The Balaban J connectivity index is 2.13. The molecule has 0 radical (unpaired) electrons. The second-order valence-corrected chi connectivity index (χ2v) is 6.43. The normalized spacial score (nSPS) is 18.4. The Morgan fingerprint density at radius 1 is 1.30 bits per heavy atom. The van der Waals surface area contributed by atoms with E-state index in [0.29, 0.717) is 6.61 Å². The Hall–Kier alpha value is -2.17. The summed E-state index contributed by atoms with van der Waals surface area (Å²) in [6.07, 6.45) is 3.64. The standard InChI is InChI=1S/C18H23FN2O2/c1-4-23-17(22)12-20-15-9-16(11-18(2,3)10-15)21-14-7-5-13(19)6-8-14/h5-9,20H,4,10-12H2,1-3H3/b21-16-. The fraction of sp³-hybridized carbons (Fsp3) is 0.444. The summed E-state index contributed by atoms with van der Waals surface area (Å²) in [4.78, 5) is 16.1. The van der Waals surface area contributed by atoms with Gasteiger partial charge in [0.05, 0.1) is 12.3 Å². The molecule has 1 aromatic carbocycles. The van der Waals surface area contributed by atoms with Crippen molar-refractivity contribution in [3.8, 4) is 0 Å². The Labute approximate surface area is 136 Å². The molecule has 1 aliphatic rings. The predicted octanol–water partition coefficient (Wildman–Crippen LogP) is 3.75. The van der Waals surface area contributed by atoms with Crippen LogP contribution in [-0.4, -0.2) is 24.8 Å². The topological polar surface area (TPSA) is 50.7 Å². The van der Waals surface area contributed by atoms with Crippen molar-refractivity contribution in [2.24, 2.45) is 10.4 Å². The molecule has 0 fully saturated rings. The van der Waals surface area contributed by atoms with E-state index in [0.717, 1.165) is 29.9 Å². The summed E-state index contributed by atoms with van der Waals surface area (Å²) in [7, 11) is 0. The van der Waals surface area contributed by atoms with E-state index in [1.165, 1.54) is 12.1 Å². The van der Waals surface area contributed by atoms with Crippen LogP contribution in [0.1, 0.15) is 33.6 Å². The lowest BCUT2D eigenvalue weighted by Crippen LogP contribution is -2.31. The summed E-state index contributed by atoms with van der Waals surface area (Å²) < 4.78 is 17.9. The minimum atomic E-state index is -0.273. The minimum Gasteiger partial charge on any atom is -0.465 e. The molecule has 0 heterocycles. The molecule has 0 atom stereocenters. The van der Waals surface area contributed by atoms with Gasteiger partial charge in [-0.15, -0.1) is 0 Å². The van der Waals surface area contributed by atoms with Crippen LogP contribution in [0.3, 0.4) is 0 Å². The second-order valence-electron chi connectivity index (χ2n) is 6.43. The van der Waals surface area contributed by atoms with Crippen molar-refractivity contribution in [2.45, 2.75) is 33.6 Å². The van der Waals surface area contributed by atoms with Crippen molar-refractivity contribution in [1.82, 2.24) is 5.32 Å². The van der Waals surface area contributed by atoms with Crippen LogP contribution in [0.25, 0.3) is 0 Å². The van der Waals surface area contributed by atoms with Crippen molar-refractivity contribution in [3.63, 3.8) is 0 Å². The molecule has 1 aliphatic carbocycles. The molecule has 23 heavy (non-hydrogen) atoms. The highest BCUT2D eigenvalue weighted by Crippen LogP contribution is 2.34. The molecular weight excluding hydrogens is 295 g/mol. The number of aliphatic imine (C=N–C) groups is 1. The maximum absolute atomic E-state index is 13.0. The number of hydrogen-bond acceptors (Lipinski definition) is 4. The van der Waals surface area contributed by atoms with Gasteiger partial charge >= 0.3 is 5.97 Å². The van der Waals surface area contributed by atoms with Crippen molar-refractivity contribution in [3.05, 3.63) is 41.9 Å². The van der Waals surface area contributed by atoms with Crippen LogP contribution in [0.15, 0.2) is 41.0 Å². The zero-order valence-corrected chi connectivity index (χ0v) is 13.9. The number of carbonyl (C=O) groups excluding carboxylic acids is 1. The molecule has 5 heteroatoms. The molecular formula is C18H23FN2O2. The monoisotopic (exact) mass is 318 g/mol. The van der Waals surface area contributed by atoms with E-state index >= 15 is 0 Å². The first-order chi connectivity index (χ1) is 10.9. The predicted molar refractivity (Wildman–Crippen MR) is 89.2 cm³/mol. The lowest BCUT2D eigenvalue weighted by atomic mass is 9.78. The van der Waals surface area contributed by atoms with Crippen LogP contribution in [0, 0.1) is 11.2 Å². The second kappa shape index (κ2) is 7.40. The third kappa shape index (κ3) is 5.51. The SMILES string of the molecule is CCOC(=O)CNC1=C/C(=N/c2ccc(F)cc2)CC(C)(C)C1.